The maximum Gasteiger partial charge on any atom is 0.171 e. The van der Waals surface area contributed by atoms with Crippen molar-refractivity contribution in [2.45, 2.75) is 48.6 Å². The van der Waals surface area contributed by atoms with E-state index in [1.807, 2.05) is 0 Å². The van der Waals surface area contributed by atoms with Crippen LogP contribution in [0.4, 0.5) is 0 Å². The van der Waals surface area contributed by atoms with Gasteiger partial charge in [-0.15, -0.1) is 0 Å². The Kier molecular flexibility index (Phi) is 1.74. The van der Waals surface area contributed by atoms with Gasteiger partial charge in [0.2, 0.25) is 0 Å². The second-order valence-electron chi connectivity index (χ2n) is 4.02. The summed E-state index contributed by atoms with van der Waals surface area (Å²) in [5.74, 6) is 0. The normalized spacial score (nSPS) is 29.1. The van der Waals surface area contributed by atoms with Crippen molar-refractivity contribution in [3.8, 4) is 0 Å². The summed E-state index contributed by atoms with van der Waals surface area (Å²) in [5, 5.41) is -0.120. The first kappa shape index (κ1) is 8.51. The van der Waals surface area contributed by atoms with Gasteiger partial charge in [0.05, 0.1) is 5.25 Å². The average molecular weight is 189 g/mol. The first-order chi connectivity index (χ1) is 5.56. The molecule has 2 rings (SSSR count). The van der Waals surface area contributed by atoms with E-state index in [0.29, 0.717) is 12.8 Å². The second-order valence-corrected chi connectivity index (χ2v) is 6.59. The van der Waals surface area contributed by atoms with Gasteiger partial charge < -0.3 is 5.73 Å². The summed E-state index contributed by atoms with van der Waals surface area (Å²) < 4.78 is 23.6. The fraction of sp³-hybridized carbons (Fsp3) is 1.00. The summed E-state index contributed by atoms with van der Waals surface area (Å²) in [5.41, 5.74) is 5.72. The van der Waals surface area contributed by atoms with Crippen molar-refractivity contribution >= 4 is 9.84 Å². The molecule has 2 aliphatic rings. The van der Waals surface area contributed by atoms with Crippen LogP contribution in [0.3, 0.4) is 0 Å². The number of sulfone groups is 1. The molecule has 0 saturated heterocycles. The van der Waals surface area contributed by atoms with Gasteiger partial charge in [0.1, 0.15) is 4.87 Å². The zero-order valence-corrected chi connectivity index (χ0v) is 7.94. The van der Waals surface area contributed by atoms with Gasteiger partial charge in [-0.25, -0.2) is 8.42 Å². The third-order valence-corrected chi connectivity index (χ3v) is 5.94. The van der Waals surface area contributed by atoms with Crippen molar-refractivity contribution in [1.29, 1.82) is 0 Å². The van der Waals surface area contributed by atoms with Gasteiger partial charge >= 0.3 is 0 Å². The Morgan fingerprint density at radius 2 is 1.67 bits per heavy atom. The molecule has 70 valence electrons. The van der Waals surface area contributed by atoms with Crippen LogP contribution in [0.2, 0.25) is 0 Å². The van der Waals surface area contributed by atoms with Gasteiger partial charge in [0, 0.05) is 0 Å². The largest absolute Gasteiger partial charge is 0.313 e. The predicted octanol–water partition coefficient (Wildman–Crippen LogP) is 0.793. The molecule has 0 spiro atoms. The molecule has 0 bridgehead atoms. The molecule has 2 aliphatic carbocycles. The third-order valence-electron chi connectivity index (χ3n) is 3.05. The monoisotopic (exact) mass is 189 g/mol. The summed E-state index contributed by atoms with van der Waals surface area (Å²) in [6.07, 6.45) is 5.13. The predicted molar refractivity (Wildman–Crippen MR) is 47.3 cm³/mol. The van der Waals surface area contributed by atoms with E-state index in [1.165, 1.54) is 0 Å². The maximum absolute atomic E-state index is 11.8. The van der Waals surface area contributed by atoms with Gasteiger partial charge in [0.25, 0.3) is 0 Å². The van der Waals surface area contributed by atoms with E-state index in [9.17, 15) is 8.42 Å². The zero-order chi connectivity index (χ0) is 8.82. The topological polar surface area (TPSA) is 60.2 Å². The average Bonchev–Trinajstić information content (AvgIpc) is 2.59. The maximum atomic E-state index is 11.8. The third kappa shape index (κ3) is 1.09. The van der Waals surface area contributed by atoms with Crippen LogP contribution in [0, 0.1) is 0 Å². The fourth-order valence-corrected chi connectivity index (χ4v) is 4.23. The molecule has 2 fully saturated rings. The Balaban J connectivity index is 2.20. The molecule has 0 unspecified atom stereocenters. The molecule has 0 heterocycles. The highest BCUT2D eigenvalue weighted by Crippen LogP contribution is 2.43. The Hall–Kier alpha value is -0.0900. The van der Waals surface area contributed by atoms with E-state index in [-0.39, 0.29) is 5.25 Å². The molecule has 0 aliphatic heterocycles. The molecule has 2 saturated carbocycles. The lowest BCUT2D eigenvalue weighted by molar-refractivity contribution is 0.562. The summed E-state index contributed by atoms with van der Waals surface area (Å²) in [6.45, 7) is 0. The minimum Gasteiger partial charge on any atom is -0.313 e. The van der Waals surface area contributed by atoms with Gasteiger partial charge in [-0.2, -0.15) is 0 Å². The lowest BCUT2D eigenvalue weighted by atomic mass is 10.4. The van der Waals surface area contributed by atoms with Crippen LogP contribution < -0.4 is 5.73 Å². The van der Waals surface area contributed by atoms with Crippen LogP contribution in [0.25, 0.3) is 0 Å². The van der Waals surface area contributed by atoms with Gasteiger partial charge in [-0.05, 0) is 25.7 Å². The lowest BCUT2D eigenvalue weighted by Gasteiger charge is -2.16. The molecule has 0 radical (unpaired) electrons. The minimum absolute atomic E-state index is 0.120. The molecule has 3 nitrogen and oxygen atoms in total. The highest BCUT2D eigenvalue weighted by molar-refractivity contribution is 7.93. The standard InChI is InChI=1S/C8H15NO2S/c9-8(5-6-8)12(10,11)7-3-1-2-4-7/h7H,1-6,9H2. The molecule has 4 heteroatoms. The van der Waals surface area contributed by atoms with E-state index in [4.69, 9.17) is 5.73 Å². The van der Waals surface area contributed by atoms with Crippen molar-refractivity contribution < 1.29 is 8.42 Å². The molecule has 0 atom stereocenters. The van der Waals surface area contributed by atoms with Crippen LogP contribution in [0.1, 0.15) is 38.5 Å². The molecule has 0 aromatic heterocycles. The van der Waals surface area contributed by atoms with E-state index in [0.717, 1.165) is 25.7 Å². The Morgan fingerprint density at radius 3 is 2.08 bits per heavy atom. The number of nitrogens with two attached hydrogens (primary N) is 1. The molecule has 0 aromatic carbocycles. The highest BCUT2D eigenvalue weighted by Gasteiger charge is 2.54. The number of hydrogen-bond acceptors (Lipinski definition) is 3. The van der Waals surface area contributed by atoms with Crippen molar-refractivity contribution in [2.75, 3.05) is 0 Å². The lowest BCUT2D eigenvalue weighted by Crippen LogP contribution is -2.39. The van der Waals surface area contributed by atoms with E-state index in [2.05, 4.69) is 0 Å². The first-order valence-electron chi connectivity index (χ1n) is 4.59. The highest BCUT2D eigenvalue weighted by atomic mass is 32.2. The summed E-state index contributed by atoms with van der Waals surface area (Å²) in [7, 11) is -2.99. The van der Waals surface area contributed by atoms with Crippen LogP contribution in [-0.4, -0.2) is 18.5 Å². The molecular weight excluding hydrogens is 174 g/mol. The molecule has 0 aromatic rings. The zero-order valence-electron chi connectivity index (χ0n) is 7.12. The van der Waals surface area contributed by atoms with Crippen molar-refractivity contribution in [3.05, 3.63) is 0 Å². The van der Waals surface area contributed by atoms with Crippen molar-refractivity contribution in [1.82, 2.24) is 0 Å². The van der Waals surface area contributed by atoms with E-state index >= 15 is 0 Å². The molecule has 12 heavy (non-hydrogen) atoms. The van der Waals surface area contributed by atoms with Gasteiger partial charge in [-0.1, -0.05) is 12.8 Å². The molecule has 2 N–H and O–H groups in total. The van der Waals surface area contributed by atoms with Gasteiger partial charge in [-0.3, -0.25) is 0 Å². The SMILES string of the molecule is NC1(S(=O)(=O)C2CCCC2)CC1. The summed E-state index contributed by atoms with van der Waals surface area (Å²) in [4.78, 5) is -0.817. The number of hydrogen-bond donors (Lipinski definition) is 1. The summed E-state index contributed by atoms with van der Waals surface area (Å²) >= 11 is 0. The Morgan fingerprint density at radius 1 is 1.17 bits per heavy atom. The first-order valence-corrected chi connectivity index (χ1v) is 6.13. The van der Waals surface area contributed by atoms with Crippen molar-refractivity contribution in [3.63, 3.8) is 0 Å². The Labute approximate surface area is 73.2 Å². The van der Waals surface area contributed by atoms with E-state index < -0.39 is 14.7 Å². The quantitative estimate of drug-likeness (QED) is 0.698. The van der Waals surface area contributed by atoms with Crippen LogP contribution in [0.15, 0.2) is 0 Å². The van der Waals surface area contributed by atoms with Crippen molar-refractivity contribution in [2.24, 2.45) is 5.73 Å². The minimum atomic E-state index is -2.99. The summed E-state index contributed by atoms with van der Waals surface area (Å²) in [6, 6.07) is 0. The fourth-order valence-electron chi connectivity index (χ4n) is 1.94. The Bertz CT molecular complexity index is 273. The molecule has 0 amide bonds. The number of rotatable bonds is 2. The van der Waals surface area contributed by atoms with E-state index in [1.54, 1.807) is 0 Å². The second kappa shape index (κ2) is 2.45. The van der Waals surface area contributed by atoms with Gasteiger partial charge in [0.15, 0.2) is 9.84 Å². The van der Waals surface area contributed by atoms with Crippen LogP contribution in [-0.2, 0) is 9.84 Å². The smallest absolute Gasteiger partial charge is 0.171 e. The molecular formula is C8H15NO2S. The van der Waals surface area contributed by atoms with Crippen LogP contribution in [0.5, 0.6) is 0 Å². The van der Waals surface area contributed by atoms with Crippen LogP contribution >= 0.6 is 0 Å².